The molecular weight excluding hydrogens is 392 g/mol. The second kappa shape index (κ2) is 6.66. The van der Waals surface area contributed by atoms with Crippen LogP contribution in [0.4, 0.5) is 11.8 Å². The highest BCUT2D eigenvalue weighted by Gasteiger charge is 2.28. The molecule has 1 aliphatic heterocycles. The Labute approximate surface area is 170 Å². The Hall–Kier alpha value is -3.26. The van der Waals surface area contributed by atoms with Crippen molar-refractivity contribution >= 4 is 45.8 Å². The number of aliphatic carboxylic acids is 1. The monoisotopic (exact) mass is 410 g/mol. The number of hydrogen-bond acceptors (Lipinski definition) is 5. The van der Waals surface area contributed by atoms with Crippen LogP contribution in [-0.4, -0.2) is 43.5 Å². The number of nitrogen functional groups attached to an aromatic ring is 1. The van der Waals surface area contributed by atoms with Gasteiger partial charge in [0.2, 0.25) is 5.95 Å². The molecule has 0 bridgehead atoms. The van der Waals surface area contributed by atoms with Gasteiger partial charge in [0.05, 0.1) is 22.2 Å². The second-order valence-corrected chi connectivity index (χ2v) is 7.69. The maximum Gasteiger partial charge on any atom is 0.306 e. The Morgan fingerprint density at radius 3 is 2.83 bits per heavy atom. The van der Waals surface area contributed by atoms with Crippen LogP contribution in [0, 0.1) is 5.92 Å². The fraction of sp³-hybridized carbons (Fsp3) is 0.250. The molecule has 29 heavy (non-hydrogen) atoms. The van der Waals surface area contributed by atoms with Crippen LogP contribution in [0.15, 0.2) is 36.7 Å². The molecule has 0 amide bonds. The Kier molecular flexibility index (Phi) is 4.09. The van der Waals surface area contributed by atoms with Gasteiger partial charge in [-0.2, -0.15) is 0 Å². The molecule has 0 radical (unpaired) electrons. The molecule has 0 spiro atoms. The van der Waals surface area contributed by atoms with Crippen LogP contribution in [0.25, 0.3) is 27.8 Å². The van der Waals surface area contributed by atoms with Crippen molar-refractivity contribution in [3.05, 3.63) is 41.7 Å². The Morgan fingerprint density at radius 1 is 1.31 bits per heavy atom. The van der Waals surface area contributed by atoms with Crippen LogP contribution in [0.1, 0.15) is 12.8 Å². The molecule has 5 rings (SSSR count). The van der Waals surface area contributed by atoms with Gasteiger partial charge >= 0.3 is 5.97 Å². The van der Waals surface area contributed by atoms with Crippen LogP contribution in [0.5, 0.6) is 0 Å². The van der Waals surface area contributed by atoms with E-state index >= 15 is 0 Å². The molecule has 0 saturated carbocycles. The standard InChI is InChI=1S/C20H19ClN6O2/c21-13-3-1-2-12-10-14(24-15(12)13)16-17-18(22)23-6-9-27(17)20(25-16)26-7-4-11(5-8-26)19(28)29/h1-3,6,9-11,24H,4-5,7-8H2,(H2,22,23)(H,28,29). The number of carboxylic acids is 1. The van der Waals surface area contributed by atoms with Gasteiger partial charge < -0.3 is 20.7 Å². The molecule has 0 unspecified atom stereocenters. The number of aromatic nitrogens is 4. The van der Waals surface area contributed by atoms with Crippen LogP contribution < -0.4 is 10.6 Å². The lowest BCUT2D eigenvalue weighted by Gasteiger charge is -2.30. The number of H-pyrrole nitrogens is 1. The molecule has 0 aliphatic carbocycles. The number of carboxylic acid groups (broad SMARTS) is 1. The lowest BCUT2D eigenvalue weighted by Crippen LogP contribution is -2.37. The molecular formula is C20H19ClN6O2. The summed E-state index contributed by atoms with van der Waals surface area (Å²) in [5.41, 5.74) is 9.27. The third kappa shape index (κ3) is 2.87. The van der Waals surface area contributed by atoms with Gasteiger partial charge in [-0.15, -0.1) is 0 Å². The van der Waals surface area contributed by atoms with E-state index < -0.39 is 5.97 Å². The van der Waals surface area contributed by atoms with E-state index in [1.807, 2.05) is 34.9 Å². The fourth-order valence-electron chi connectivity index (χ4n) is 4.03. The third-order valence-electron chi connectivity index (χ3n) is 5.55. The minimum absolute atomic E-state index is 0.306. The number of halogens is 1. The number of para-hydroxylation sites is 1. The summed E-state index contributed by atoms with van der Waals surface area (Å²) in [4.78, 5) is 25.9. The molecule has 148 valence electrons. The summed E-state index contributed by atoms with van der Waals surface area (Å²) in [6.45, 7) is 1.24. The summed E-state index contributed by atoms with van der Waals surface area (Å²) in [6.07, 6.45) is 4.64. The summed E-state index contributed by atoms with van der Waals surface area (Å²) in [7, 11) is 0. The van der Waals surface area contributed by atoms with Crippen molar-refractivity contribution in [2.75, 3.05) is 23.7 Å². The second-order valence-electron chi connectivity index (χ2n) is 7.28. The summed E-state index contributed by atoms with van der Waals surface area (Å²) in [5.74, 6) is 0.0744. The highest BCUT2D eigenvalue weighted by Crippen LogP contribution is 2.35. The lowest BCUT2D eigenvalue weighted by molar-refractivity contribution is -0.142. The van der Waals surface area contributed by atoms with Gasteiger partial charge in [-0.25, -0.2) is 9.97 Å². The molecule has 4 heterocycles. The highest BCUT2D eigenvalue weighted by atomic mass is 35.5. The minimum atomic E-state index is -0.735. The van der Waals surface area contributed by atoms with Gasteiger partial charge in [-0.3, -0.25) is 9.20 Å². The SMILES string of the molecule is Nc1nccn2c(N3CCC(C(=O)O)CC3)nc(-c3cc4cccc(Cl)c4[nH]3)c12. The van der Waals surface area contributed by atoms with E-state index in [-0.39, 0.29) is 5.92 Å². The van der Waals surface area contributed by atoms with Gasteiger partial charge in [-0.05, 0) is 25.0 Å². The van der Waals surface area contributed by atoms with Crippen molar-refractivity contribution in [2.24, 2.45) is 5.92 Å². The molecule has 1 aliphatic rings. The molecule has 8 nitrogen and oxygen atoms in total. The first-order valence-electron chi connectivity index (χ1n) is 9.41. The van der Waals surface area contributed by atoms with Crippen LogP contribution >= 0.6 is 11.6 Å². The molecule has 0 atom stereocenters. The molecule has 4 aromatic rings. The lowest BCUT2D eigenvalue weighted by atomic mass is 9.97. The maximum atomic E-state index is 11.3. The van der Waals surface area contributed by atoms with Crippen molar-refractivity contribution in [2.45, 2.75) is 12.8 Å². The van der Waals surface area contributed by atoms with E-state index in [0.29, 0.717) is 48.0 Å². The van der Waals surface area contributed by atoms with Gasteiger partial charge in [0.25, 0.3) is 0 Å². The van der Waals surface area contributed by atoms with Gasteiger partial charge in [0, 0.05) is 30.9 Å². The van der Waals surface area contributed by atoms with E-state index in [1.165, 1.54) is 0 Å². The number of anilines is 2. The van der Waals surface area contributed by atoms with Crippen molar-refractivity contribution in [1.29, 1.82) is 0 Å². The van der Waals surface area contributed by atoms with Crippen LogP contribution in [0.2, 0.25) is 5.02 Å². The number of hydrogen-bond donors (Lipinski definition) is 3. The third-order valence-corrected chi connectivity index (χ3v) is 5.87. The average Bonchev–Trinajstić information content (AvgIpc) is 3.31. The summed E-state index contributed by atoms with van der Waals surface area (Å²) in [6, 6.07) is 7.72. The number of nitrogens with zero attached hydrogens (tertiary/aromatic N) is 4. The van der Waals surface area contributed by atoms with Gasteiger partial charge in [0.1, 0.15) is 17.0 Å². The van der Waals surface area contributed by atoms with E-state index in [4.69, 9.17) is 22.3 Å². The highest BCUT2D eigenvalue weighted by molar-refractivity contribution is 6.35. The Bertz CT molecular complexity index is 1240. The number of fused-ring (bicyclic) bond motifs is 2. The quantitative estimate of drug-likeness (QED) is 0.477. The molecule has 1 saturated heterocycles. The minimum Gasteiger partial charge on any atom is -0.481 e. The first kappa shape index (κ1) is 17.8. The smallest absolute Gasteiger partial charge is 0.306 e. The van der Waals surface area contributed by atoms with E-state index in [1.54, 1.807) is 6.20 Å². The zero-order valence-electron chi connectivity index (χ0n) is 15.5. The fourth-order valence-corrected chi connectivity index (χ4v) is 4.26. The predicted octanol–water partition coefficient (Wildman–Crippen LogP) is 3.41. The first-order chi connectivity index (χ1) is 14.0. The Balaban J connectivity index is 1.63. The zero-order chi connectivity index (χ0) is 20.1. The molecule has 3 aromatic heterocycles. The number of carbonyl (C=O) groups is 1. The number of aromatic amines is 1. The van der Waals surface area contributed by atoms with E-state index in [0.717, 1.165) is 22.5 Å². The average molecular weight is 411 g/mol. The number of imidazole rings is 1. The summed E-state index contributed by atoms with van der Waals surface area (Å²) >= 11 is 6.32. The van der Waals surface area contributed by atoms with E-state index in [9.17, 15) is 9.90 Å². The first-order valence-corrected chi connectivity index (χ1v) is 9.78. The summed E-state index contributed by atoms with van der Waals surface area (Å²) < 4.78 is 1.92. The molecule has 1 aromatic carbocycles. The Morgan fingerprint density at radius 2 is 2.10 bits per heavy atom. The number of nitrogens with two attached hydrogens (primary N) is 1. The normalized spacial score (nSPS) is 15.4. The molecule has 4 N–H and O–H groups in total. The topological polar surface area (TPSA) is 113 Å². The van der Waals surface area contributed by atoms with Crippen molar-refractivity contribution < 1.29 is 9.90 Å². The number of nitrogens with one attached hydrogen (secondary N) is 1. The molecule has 1 fully saturated rings. The number of rotatable bonds is 3. The largest absolute Gasteiger partial charge is 0.481 e. The zero-order valence-corrected chi connectivity index (χ0v) is 16.2. The van der Waals surface area contributed by atoms with Crippen molar-refractivity contribution in [3.8, 4) is 11.4 Å². The van der Waals surface area contributed by atoms with Crippen molar-refractivity contribution in [1.82, 2.24) is 19.4 Å². The predicted molar refractivity (Wildman–Crippen MR) is 112 cm³/mol. The van der Waals surface area contributed by atoms with Gasteiger partial charge in [0.15, 0.2) is 0 Å². The summed E-state index contributed by atoms with van der Waals surface area (Å²) in [5, 5.41) is 10.9. The maximum absolute atomic E-state index is 11.3. The van der Waals surface area contributed by atoms with Crippen LogP contribution in [0.3, 0.4) is 0 Å². The number of piperidine rings is 1. The van der Waals surface area contributed by atoms with Crippen molar-refractivity contribution in [3.63, 3.8) is 0 Å². The van der Waals surface area contributed by atoms with Crippen LogP contribution in [-0.2, 0) is 4.79 Å². The van der Waals surface area contributed by atoms with Gasteiger partial charge in [-0.1, -0.05) is 23.7 Å². The molecule has 9 heteroatoms. The number of benzene rings is 1. The van der Waals surface area contributed by atoms with E-state index in [2.05, 4.69) is 14.9 Å².